The lowest BCUT2D eigenvalue weighted by atomic mass is 10.2. The highest BCUT2D eigenvalue weighted by Gasteiger charge is 2.21. The molecule has 0 aliphatic rings. The van der Waals surface area contributed by atoms with Gasteiger partial charge in [0, 0.05) is 23.1 Å². The number of H-pyrrole nitrogens is 1. The predicted octanol–water partition coefficient (Wildman–Crippen LogP) is 2.93. The molecule has 0 fully saturated rings. The van der Waals surface area contributed by atoms with Crippen molar-refractivity contribution in [2.24, 2.45) is 0 Å². The average molecular weight is 373 g/mol. The van der Waals surface area contributed by atoms with Gasteiger partial charge in [-0.05, 0) is 26.8 Å². The molecule has 3 aromatic rings. The maximum absolute atomic E-state index is 12.1. The number of aromatic amines is 1. The van der Waals surface area contributed by atoms with E-state index in [9.17, 15) is 9.59 Å². The van der Waals surface area contributed by atoms with Crippen molar-refractivity contribution >= 4 is 34.6 Å². The molecule has 0 saturated carbocycles. The van der Waals surface area contributed by atoms with E-state index >= 15 is 0 Å². The summed E-state index contributed by atoms with van der Waals surface area (Å²) in [7, 11) is 0. The molecule has 136 valence electrons. The number of carbonyl (C=O) groups excluding carboxylic acids is 2. The zero-order valence-corrected chi connectivity index (χ0v) is 15.4. The molecule has 0 radical (unpaired) electrons. The Balaban J connectivity index is 1.66. The first-order chi connectivity index (χ1) is 12.4. The van der Waals surface area contributed by atoms with Gasteiger partial charge < -0.3 is 14.7 Å². The zero-order chi connectivity index (χ0) is 18.7. The lowest BCUT2D eigenvalue weighted by Gasteiger charge is -2.11. The number of nitrogens with zero attached hydrogens (tertiary/aromatic N) is 2. The Morgan fingerprint density at radius 3 is 2.73 bits per heavy atom. The molecule has 0 aliphatic heterocycles. The van der Waals surface area contributed by atoms with Crippen LogP contribution >= 0.6 is 11.8 Å². The highest BCUT2D eigenvalue weighted by atomic mass is 32.2. The Labute approximate surface area is 154 Å². The third-order valence-corrected chi connectivity index (χ3v) is 4.46. The van der Waals surface area contributed by atoms with Crippen LogP contribution in [0.4, 0.5) is 4.79 Å². The van der Waals surface area contributed by atoms with E-state index in [1.54, 1.807) is 13.1 Å². The summed E-state index contributed by atoms with van der Waals surface area (Å²) in [5.74, 6) is -0.0601. The van der Waals surface area contributed by atoms with Gasteiger partial charge in [0.2, 0.25) is 5.91 Å². The molecule has 0 spiro atoms. The minimum absolute atomic E-state index is 0.0552. The van der Waals surface area contributed by atoms with Crippen molar-refractivity contribution in [3.8, 4) is 11.5 Å². The third kappa shape index (κ3) is 4.05. The molecular formula is C17H19N5O3S. The number of nitrogens with one attached hydrogen (secondary N) is 3. The molecule has 0 aliphatic carbocycles. The summed E-state index contributed by atoms with van der Waals surface area (Å²) in [5.41, 5.74) is 1.77. The molecular weight excluding hydrogens is 354 g/mol. The first-order valence-electron chi connectivity index (χ1n) is 8.12. The van der Waals surface area contributed by atoms with E-state index in [-0.39, 0.29) is 11.3 Å². The second kappa shape index (κ2) is 7.61. The predicted molar refractivity (Wildman–Crippen MR) is 98.7 cm³/mol. The van der Waals surface area contributed by atoms with Crippen LogP contribution in [0.1, 0.15) is 20.8 Å². The molecule has 0 unspecified atom stereocenters. The maximum atomic E-state index is 12.1. The van der Waals surface area contributed by atoms with Crippen LogP contribution in [0, 0.1) is 0 Å². The number of aromatic nitrogens is 3. The molecule has 8 nitrogen and oxygen atoms in total. The third-order valence-electron chi connectivity index (χ3n) is 3.53. The number of hydrogen-bond acceptors (Lipinski definition) is 6. The van der Waals surface area contributed by atoms with Gasteiger partial charge in [0.05, 0.1) is 10.8 Å². The van der Waals surface area contributed by atoms with E-state index in [0.29, 0.717) is 5.89 Å². The number of fused-ring (bicyclic) bond motifs is 1. The van der Waals surface area contributed by atoms with Gasteiger partial charge in [0.15, 0.2) is 0 Å². The van der Waals surface area contributed by atoms with Gasteiger partial charge in [-0.15, -0.1) is 10.2 Å². The number of amides is 3. The van der Waals surface area contributed by atoms with Crippen molar-refractivity contribution < 1.29 is 14.0 Å². The highest BCUT2D eigenvalue weighted by Crippen LogP contribution is 2.30. The maximum Gasteiger partial charge on any atom is 0.321 e. The Hall–Kier alpha value is -2.81. The van der Waals surface area contributed by atoms with Gasteiger partial charge in [0.25, 0.3) is 11.1 Å². The van der Waals surface area contributed by atoms with Crippen molar-refractivity contribution in [2.75, 3.05) is 0 Å². The average Bonchev–Trinajstić information content (AvgIpc) is 3.20. The number of carbonyl (C=O) groups is 2. The molecule has 2 aromatic heterocycles. The van der Waals surface area contributed by atoms with Gasteiger partial charge in [-0.2, -0.15) is 0 Å². The largest absolute Gasteiger partial charge is 0.411 e. The second-order valence-electron chi connectivity index (χ2n) is 6.00. The van der Waals surface area contributed by atoms with Crippen molar-refractivity contribution in [2.45, 2.75) is 37.3 Å². The fourth-order valence-electron chi connectivity index (χ4n) is 2.33. The van der Waals surface area contributed by atoms with Crippen LogP contribution in [-0.4, -0.2) is 38.4 Å². The first-order valence-corrected chi connectivity index (χ1v) is 9.00. The fourth-order valence-corrected chi connectivity index (χ4v) is 3.01. The van der Waals surface area contributed by atoms with Crippen LogP contribution in [0.15, 0.2) is 40.1 Å². The van der Waals surface area contributed by atoms with Crippen LogP contribution in [0.25, 0.3) is 22.4 Å². The lowest BCUT2D eigenvalue weighted by Crippen LogP contribution is -2.45. The van der Waals surface area contributed by atoms with E-state index in [1.165, 1.54) is 0 Å². The SMILES string of the molecule is CC(C)NC(=O)NC(=O)[C@H](C)Sc1nnc(-c2c[nH]c3ccccc23)o1. The van der Waals surface area contributed by atoms with Crippen molar-refractivity contribution in [1.29, 1.82) is 0 Å². The van der Waals surface area contributed by atoms with Crippen LogP contribution in [-0.2, 0) is 4.79 Å². The van der Waals surface area contributed by atoms with Crippen molar-refractivity contribution in [3.05, 3.63) is 30.5 Å². The quantitative estimate of drug-likeness (QED) is 0.593. The molecule has 2 heterocycles. The highest BCUT2D eigenvalue weighted by molar-refractivity contribution is 8.00. The summed E-state index contributed by atoms with van der Waals surface area (Å²) in [6, 6.07) is 7.21. The topological polar surface area (TPSA) is 113 Å². The van der Waals surface area contributed by atoms with E-state index < -0.39 is 17.2 Å². The Bertz CT molecular complexity index is 933. The summed E-state index contributed by atoms with van der Waals surface area (Å²) >= 11 is 1.09. The minimum atomic E-state index is -0.566. The molecule has 9 heteroatoms. The number of thioether (sulfide) groups is 1. The molecule has 1 atom stereocenters. The normalized spacial score (nSPS) is 12.3. The van der Waals surface area contributed by atoms with Gasteiger partial charge in [-0.1, -0.05) is 30.0 Å². The standard InChI is InChI=1S/C17H19N5O3S/c1-9(2)19-16(24)20-14(23)10(3)26-17-22-21-15(25-17)12-8-18-13-7-5-4-6-11(12)13/h4-10,18H,1-3H3,(H2,19,20,23,24)/t10-/m0/s1. The lowest BCUT2D eigenvalue weighted by molar-refractivity contribution is -0.119. The van der Waals surface area contributed by atoms with E-state index in [0.717, 1.165) is 28.2 Å². The summed E-state index contributed by atoms with van der Waals surface area (Å²) in [4.78, 5) is 26.8. The summed E-state index contributed by atoms with van der Waals surface area (Å²) in [6.45, 7) is 5.29. The van der Waals surface area contributed by atoms with E-state index in [4.69, 9.17) is 4.42 Å². The monoisotopic (exact) mass is 373 g/mol. The number of urea groups is 1. The second-order valence-corrected chi connectivity index (χ2v) is 7.29. The molecule has 3 amide bonds. The van der Waals surface area contributed by atoms with Crippen LogP contribution in [0.3, 0.4) is 0 Å². The van der Waals surface area contributed by atoms with Crippen LogP contribution in [0.5, 0.6) is 0 Å². The van der Waals surface area contributed by atoms with Gasteiger partial charge in [-0.3, -0.25) is 10.1 Å². The molecule has 0 saturated heterocycles. The molecule has 26 heavy (non-hydrogen) atoms. The molecule has 3 rings (SSSR count). The van der Waals surface area contributed by atoms with Gasteiger partial charge in [0.1, 0.15) is 0 Å². The Morgan fingerprint density at radius 2 is 1.96 bits per heavy atom. The Kier molecular flexibility index (Phi) is 5.27. The Morgan fingerprint density at radius 1 is 1.19 bits per heavy atom. The van der Waals surface area contributed by atoms with Crippen LogP contribution in [0.2, 0.25) is 0 Å². The minimum Gasteiger partial charge on any atom is -0.411 e. The van der Waals surface area contributed by atoms with E-state index in [2.05, 4.69) is 25.8 Å². The summed E-state index contributed by atoms with van der Waals surface area (Å²) in [5, 5.41) is 13.6. The van der Waals surface area contributed by atoms with Crippen LogP contribution < -0.4 is 10.6 Å². The molecule has 3 N–H and O–H groups in total. The fraction of sp³-hybridized carbons (Fsp3) is 0.294. The van der Waals surface area contributed by atoms with Gasteiger partial charge >= 0.3 is 6.03 Å². The molecule has 1 aromatic carbocycles. The zero-order valence-electron chi connectivity index (χ0n) is 14.6. The van der Waals surface area contributed by atoms with Crippen molar-refractivity contribution in [3.63, 3.8) is 0 Å². The molecule has 0 bridgehead atoms. The smallest absolute Gasteiger partial charge is 0.321 e. The number of imide groups is 1. The number of para-hydroxylation sites is 1. The summed E-state index contributed by atoms with van der Waals surface area (Å²) in [6.07, 6.45) is 1.80. The van der Waals surface area contributed by atoms with Gasteiger partial charge in [-0.25, -0.2) is 4.79 Å². The number of hydrogen-bond donors (Lipinski definition) is 3. The number of benzene rings is 1. The first kappa shape index (κ1) is 18.0. The summed E-state index contributed by atoms with van der Waals surface area (Å²) < 4.78 is 5.67. The number of rotatable bonds is 5. The van der Waals surface area contributed by atoms with Crippen molar-refractivity contribution in [1.82, 2.24) is 25.8 Å². The van der Waals surface area contributed by atoms with E-state index in [1.807, 2.05) is 38.1 Å².